The molecule has 0 aliphatic heterocycles. The van der Waals surface area contributed by atoms with Gasteiger partial charge >= 0.3 is 5.97 Å². The molecule has 1 heterocycles. The average molecular weight is 608 g/mol. The van der Waals surface area contributed by atoms with Crippen LogP contribution in [-0.2, 0) is 36.8 Å². The predicted molar refractivity (Wildman–Crippen MR) is 165 cm³/mol. The maximum absolute atomic E-state index is 13.6. The van der Waals surface area contributed by atoms with Gasteiger partial charge in [-0.2, -0.15) is 0 Å². The molecule has 3 rings (SSSR count). The van der Waals surface area contributed by atoms with Crippen LogP contribution in [0.25, 0.3) is 10.9 Å². The number of nitrogens with one attached hydrogen (secondary N) is 4. The van der Waals surface area contributed by atoms with Gasteiger partial charge in [-0.3, -0.25) is 19.2 Å². The van der Waals surface area contributed by atoms with Crippen molar-refractivity contribution in [3.8, 4) is 0 Å². The molecule has 2 aromatic carbocycles. The number of hydrogen-bond donors (Lipinski definition) is 8. The minimum absolute atomic E-state index is 0.0826. The van der Waals surface area contributed by atoms with Gasteiger partial charge in [-0.15, -0.1) is 0 Å². The van der Waals surface area contributed by atoms with E-state index in [1.165, 1.54) is 0 Å². The number of aromatic amines is 1. The number of benzene rings is 2. The van der Waals surface area contributed by atoms with Crippen LogP contribution in [-0.4, -0.2) is 70.4 Å². The number of aliphatic carboxylic acids is 1. The van der Waals surface area contributed by atoms with Crippen molar-refractivity contribution in [2.24, 2.45) is 17.2 Å². The number of aromatic nitrogens is 1. The number of carbonyl (C=O) groups excluding carboxylic acids is 4. The van der Waals surface area contributed by atoms with Gasteiger partial charge in [0.2, 0.25) is 23.6 Å². The number of nitrogens with two attached hydrogens (primary N) is 3. The van der Waals surface area contributed by atoms with Crippen molar-refractivity contribution in [1.29, 1.82) is 0 Å². The number of unbranched alkanes of at least 4 members (excludes halogenated alkanes) is 1. The fraction of sp³-hybridized carbons (Fsp3) is 0.387. The van der Waals surface area contributed by atoms with E-state index in [-0.39, 0.29) is 32.1 Å². The zero-order valence-electron chi connectivity index (χ0n) is 24.5. The average Bonchev–Trinajstić information content (AvgIpc) is 3.41. The van der Waals surface area contributed by atoms with E-state index in [9.17, 15) is 29.1 Å². The van der Waals surface area contributed by atoms with E-state index < -0.39 is 53.8 Å². The molecule has 3 aromatic rings. The number of rotatable bonds is 18. The molecule has 4 unspecified atom stereocenters. The number of amides is 4. The quantitative estimate of drug-likeness (QED) is 0.0929. The third-order valence-corrected chi connectivity index (χ3v) is 7.24. The lowest BCUT2D eigenvalue weighted by molar-refractivity contribution is -0.142. The topological polar surface area (TPSA) is 236 Å². The van der Waals surface area contributed by atoms with E-state index in [0.29, 0.717) is 19.4 Å². The molecule has 13 heteroatoms. The SMILES string of the molecule is NCCCCC(NC(=O)C(CCC(N)=O)NC(=O)C(Cc1ccccc1)NC(=O)C(N)Cc1c[nH]c2ccccc12)C(=O)O. The number of hydrogen-bond acceptors (Lipinski definition) is 7. The lowest BCUT2D eigenvalue weighted by atomic mass is 10.0. The summed E-state index contributed by atoms with van der Waals surface area (Å²) in [5, 5.41) is 18.3. The van der Waals surface area contributed by atoms with Crippen molar-refractivity contribution in [3.63, 3.8) is 0 Å². The summed E-state index contributed by atoms with van der Waals surface area (Å²) >= 11 is 0. The fourth-order valence-corrected chi connectivity index (χ4v) is 4.82. The molecule has 0 saturated heterocycles. The summed E-state index contributed by atoms with van der Waals surface area (Å²) in [6, 6.07) is 11.9. The van der Waals surface area contributed by atoms with E-state index in [1.54, 1.807) is 30.5 Å². The second-order valence-electron chi connectivity index (χ2n) is 10.7. The highest BCUT2D eigenvalue weighted by molar-refractivity contribution is 5.95. The molecule has 44 heavy (non-hydrogen) atoms. The third-order valence-electron chi connectivity index (χ3n) is 7.24. The van der Waals surface area contributed by atoms with E-state index in [2.05, 4.69) is 20.9 Å². The Bertz CT molecular complexity index is 1430. The maximum atomic E-state index is 13.6. The number of carboxylic acid groups (broad SMARTS) is 1. The van der Waals surface area contributed by atoms with Gasteiger partial charge in [0.15, 0.2) is 0 Å². The van der Waals surface area contributed by atoms with E-state index in [0.717, 1.165) is 22.0 Å². The number of carboxylic acids is 1. The van der Waals surface area contributed by atoms with Crippen molar-refractivity contribution < 1.29 is 29.1 Å². The Morgan fingerprint density at radius 1 is 0.773 bits per heavy atom. The summed E-state index contributed by atoms with van der Waals surface area (Å²) in [5.41, 5.74) is 19.5. The highest BCUT2D eigenvalue weighted by Crippen LogP contribution is 2.19. The summed E-state index contributed by atoms with van der Waals surface area (Å²) in [5.74, 6) is -4.02. The number of primary amides is 1. The van der Waals surface area contributed by atoms with E-state index in [4.69, 9.17) is 17.2 Å². The molecular weight excluding hydrogens is 566 g/mol. The fourth-order valence-electron chi connectivity index (χ4n) is 4.82. The Morgan fingerprint density at radius 3 is 2.09 bits per heavy atom. The van der Waals surface area contributed by atoms with Crippen LogP contribution in [0.3, 0.4) is 0 Å². The van der Waals surface area contributed by atoms with Gasteiger partial charge in [-0.05, 0) is 55.8 Å². The van der Waals surface area contributed by atoms with Crippen LogP contribution in [0.4, 0.5) is 0 Å². The zero-order chi connectivity index (χ0) is 32.1. The van der Waals surface area contributed by atoms with Gasteiger partial charge < -0.3 is 43.2 Å². The van der Waals surface area contributed by atoms with Gasteiger partial charge in [0.05, 0.1) is 6.04 Å². The number of carbonyl (C=O) groups is 5. The van der Waals surface area contributed by atoms with Crippen LogP contribution in [0.2, 0.25) is 0 Å². The monoisotopic (exact) mass is 607 g/mol. The second kappa shape index (κ2) is 16.8. The highest BCUT2D eigenvalue weighted by atomic mass is 16.4. The molecule has 0 fully saturated rings. The molecule has 4 atom stereocenters. The Balaban J connectivity index is 1.76. The maximum Gasteiger partial charge on any atom is 0.326 e. The van der Waals surface area contributed by atoms with Crippen molar-refractivity contribution in [2.75, 3.05) is 6.54 Å². The predicted octanol–water partition coefficient (Wildman–Crippen LogP) is 0.214. The number of para-hydroxylation sites is 1. The minimum Gasteiger partial charge on any atom is -0.480 e. The molecular formula is C31H41N7O6. The number of H-pyrrole nitrogens is 1. The van der Waals surface area contributed by atoms with E-state index in [1.807, 2.05) is 30.3 Å². The van der Waals surface area contributed by atoms with Crippen LogP contribution in [0.15, 0.2) is 60.8 Å². The normalized spacial score (nSPS) is 13.8. The van der Waals surface area contributed by atoms with Gasteiger partial charge in [0.1, 0.15) is 18.1 Å². The van der Waals surface area contributed by atoms with Crippen LogP contribution in [0.1, 0.15) is 43.2 Å². The Morgan fingerprint density at radius 2 is 1.41 bits per heavy atom. The van der Waals surface area contributed by atoms with Gasteiger partial charge in [0.25, 0.3) is 0 Å². The largest absolute Gasteiger partial charge is 0.480 e. The first kappa shape index (κ1) is 33.7. The van der Waals surface area contributed by atoms with Crippen molar-refractivity contribution in [2.45, 2.75) is 69.1 Å². The molecule has 0 spiro atoms. The second-order valence-corrected chi connectivity index (χ2v) is 10.7. The first-order chi connectivity index (χ1) is 21.1. The molecule has 13 nitrogen and oxygen atoms in total. The summed E-state index contributed by atoms with van der Waals surface area (Å²) < 4.78 is 0. The molecule has 0 aliphatic rings. The zero-order valence-corrected chi connectivity index (χ0v) is 24.5. The Labute approximate surface area is 255 Å². The molecule has 4 amide bonds. The molecule has 0 radical (unpaired) electrons. The highest BCUT2D eigenvalue weighted by Gasteiger charge is 2.31. The van der Waals surface area contributed by atoms with E-state index >= 15 is 0 Å². The van der Waals surface area contributed by atoms with Crippen LogP contribution in [0.5, 0.6) is 0 Å². The smallest absolute Gasteiger partial charge is 0.326 e. The first-order valence-corrected chi connectivity index (χ1v) is 14.6. The molecule has 236 valence electrons. The van der Waals surface area contributed by atoms with Gasteiger partial charge in [0, 0.05) is 29.9 Å². The summed E-state index contributed by atoms with van der Waals surface area (Å²) in [7, 11) is 0. The number of fused-ring (bicyclic) bond motifs is 1. The van der Waals surface area contributed by atoms with Crippen molar-refractivity contribution in [1.82, 2.24) is 20.9 Å². The minimum atomic E-state index is -1.29. The van der Waals surface area contributed by atoms with Gasteiger partial charge in [-0.1, -0.05) is 48.5 Å². The summed E-state index contributed by atoms with van der Waals surface area (Å²) in [6.45, 7) is 0.373. The molecule has 0 aliphatic carbocycles. The first-order valence-electron chi connectivity index (χ1n) is 14.6. The molecule has 1 aromatic heterocycles. The lowest BCUT2D eigenvalue weighted by Crippen LogP contribution is -2.57. The summed E-state index contributed by atoms with van der Waals surface area (Å²) in [6.07, 6.45) is 2.84. The Kier molecular flexibility index (Phi) is 12.9. The molecule has 0 saturated carbocycles. The van der Waals surface area contributed by atoms with Gasteiger partial charge in [-0.25, -0.2) is 4.79 Å². The Hall–Kier alpha value is -4.75. The lowest BCUT2D eigenvalue weighted by Gasteiger charge is -2.25. The molecule has 0 bridgehead atoms. The van der Waals surface area contributed by atoms with Crippen LogP contribution >= 0.6 is 0 Å². The van der Waals surface area contributed by atoms with Crippen LogP contribution in [0, 0.1) is 0 Å². The van der Waals surface area contributed by atoms with Crippen molar-refractivity contribution in [3.05, 3.63) is 71.9 Å². The van der Waals surface area contributed by atoms with Crippen molar-refractivity contribution >= 4 is 40.5 Å². The third kappa shape index (κ3) is 10.2. The summed E-state index contributed by atoms with van der Waals surface area (Å²) in [4.78, 5) is 66.4. The molecule has 11 N–H and O–H groups in total. The van der Waals surface area contributed by atoms with Crippen LogP contribution < -0.4 is 33.2 Å². The standard InChI is InChI=1S/C31H41N7O6/c32-15-7-6-12-25(31(43)44)37-29(41)24(13-14-27(34)39)36-30(42)26(16-19-8-2-1-3-9-19)38-28(40)22(33)17-20-18-35-23-11-5-4-10-21(20)23/h1-5,8-11,18,22,24-26,35H,6-7,12-17,32-33H2,(H2,34,39)(H,36,42)(H,37,41)(H,38,40)(H,43,44).